The molecule has 1 aliphatic heterocycles. The molecule has 0 aromatic carbocycles. The van der Waals surface area contributed by atoms with Crippen LogP contribution < -0.4 is 11.1 Å². The zero-order valence-electron chi connectivity index (χ0n) is 20.4. The Balaban J connectivity index is 1.71. The Kier molecular flexibility index (Phi) is 6.49. The van der Waals surface area contributed by atoms with Gasteiger partial charge in [0.05, 0.1) is 17.8 Å². The third-order valence-corrected chi connectivity index (χ3v) is 5.66. The van der Waals surface area contributed by atoms with Gasteiger partial charge in [-0.15, -0.1) is 0 Å². The highest BCUT2D eigenvalue weighted by atomic mass is 19.1. The highest BCUT2D eigenvalue weighted by Crippen LogP contribution is 2.29. The van der Waals surface area contributed by atoms with Crippen LogP contribution in [0.3, 0.4) is 0 Å². The van der Waals surface area contributed by atoms with E-state index in [1.807, 2.05) is 0 Å². The summed E-state index contributed by atoms with van der Waals surface area (Å²) < 4.78 is 21.6. The molecule has 3 aromatic heterocycles. The second-order valence-electron chi connectivity index (χ2n) is 9.74. The quantitative estimate of drug-likeness (QED) is 0.562. The van der Waals surface area contributed by atoms with E-state index >= 15 is 0 Å². The number of nitrogens with one attached hydrogen (secondary N) is 1. The first-order valence-electron chi connectivity index (χ1n) is 11.4. The minimum absolute atomic E-state index is 0.0684. The van der Waals surface area contributed by atoms with Crippen LogP contribution >= 0.6 is 0 Å². The molecule has 0 radical (unpaired) electrons. The first kappa shape index (κ1) is 24.8. The molecule has 1 aliphatic rings. The highest BCUT2D eigenvalue weighted by Gasteiger charge is 2.33. The number of primary amides is 1. The van der Waals surface area contributed by atoms with Crippen LogP contribution in [0, 0.1) is 11.3 Å². The number of pyridine rings is 1. The summed E-state index contributed by atoms with van der Waals surface area (Å²) >= 11 is 0. The Labute approximate surface area is 207 Å². The number of hydrogen-bond acceptors (Lipinski definition) is 8. The van der Waals surface area contributed by atoms with Gasteiger partial charge in [0.25, 0.3) is 5.91 Å². The van der Waals surface area contributed by atoms with Gasteiger partial charge in [-0.2, -0.15) is 5.26 Å². The number of aryl methyl sites for hydroxylation is 1. The van der Waals surface area contributed by atoms with E-state index < -0.39 is 29.8 Å². The van der Waals surface area contributed by atoms with Crippen molar-refractivity contribution in [1.29, 1.82) is 5.26 Å². The van der Waals surface area contributed by atoms with Gasteiger partial charge < -0.3 is 25.3 Å². The predicted octanol–water partition coefficient (Wildman–Crippen LogP) is 2.76. The van der Waals surface area contributed by atoms with Gasteiger partial charge in [0.15, 0.2) is 5.82 Å². The van der Waals surface area contributed by atoms with E-state index in [9.17, 15) is 19.2 Å². The van der Waals surface area contributed by atoms with Crippen molar-refractivity contribution in [2.45, 2.75) is 45.0 Å². The molecule has 3 N–H and O–H groups in total. The number of hydrogen-bond donors (Lipinski definition) is 2. The number of ether oxygens (including phenoxy) is 1. The van der Waals surface area contributed by atoms with E-state index in [1.54, 1.807) is 44.6 Å². The smallest absolute Gasteiger partial charge is 0.410 e. The summed E-state index contributed by atoms with van der Waals surface area (Å²) in [5.74, 6) is -0.439. The summed E-state index contributed by atoms with van der Waals surface area (Å²) in [7, 11) is 1.72. The lowest BCUT2D eigenvalue weighted by molar-refractivity contribution is 0.0124. The van der Waals surface area contributed by atoms with Crippen molar-refractivity contribution in [2.24, 2.45) is 12.8 Å². The molecule has 4 rings (SSSR count). The third kappa shape index (κ3) is 5.19. The number of carbonyl (C=O) groups is 2. The summed E-state index contributed by atoms with van der Waals surface area (Å²) in [4.78, 5) is 39.2. The van der Waals surface area contributed by atoms with E-state index in [-0.39, 0.29) is 41.9 Å². The predicted molar refractivity (Wildman–Crippen MR) is 130 cm³/mol. The van der Waals surface area contributed by atoms with Gasteiger partial charge >= 0.3 is 6.09 Å². The van der Waals surface area contributed by atoms with Crippen molar-refractivity contribution in [1.82, 2.24) is 24.4 Å². The van der Waals surface area contributed by atoms with Crippen LogP contribution in [0.2, 0.25) is 0 Å². The van der Waals surface area contributed by atoms with Gasteiger partial charge in [0.1, 0.15) is 40.9 Å². The number of likely N-dealkylation sites (tertiary alicyclic amines) is 1. The van der Waals surface area contributed by atoms with Gasteiger partial charge in [-0.3, -0.25) is 4.79 Å². The van der Waals surface area contributed by atoms with Crippen molar-refractivity contribution >= 4 is 28.9 Å². The molecule has 0 saturated carbocycles. The maximum absolute atomic E-state index is 14.6. The van der Waals surface area contributed by atoms with Crippen LogP contribution in [0.5, 0.6) is 0 Å². The Morgan fingerprint density at radius 3 is 2.64 bits per heavy atom. The summed E-state index contributed by atoms with van der Waals surface area (Å²) in [5, 5.41) is 12.5. The van der Waals surface area contributed by atoms with E-state index in [0.29, 0.717) is 17.0 Å². The van der Waals surface area contributed by atoms with Crippen LogP contribution in [-0.4, -0.2) is 67.3 Å². The van der Waals surface area contributed by atoms with Crippen molar-refractivity contribution in [3.05, 3.63) is 35.9 Å². The Morgan fingerprint density at radius 1 is 1.25 bits per heavy atom. The van der Waals surface area contributed by atoms with Gasteiger partial charge in [-0.1, -0.05) is 0 Å². The van der Waals surface area contributed by atoms with Crippen molar-refractivity contribution in [2.75, 3.05) is 18.4 Å². The van der Waals surface area contributed by atoms with Gasteiger partial charge in [-0.25, -0.2) is 24.1 Å². The Bertz CT molecular complexity index is 1370. The number of nitriles is 1. The molecule has 0 bridgehead atoms. The van der Waals surface area contributed by atoms with Crippen molar-refractivity contribution in [3.63, 3.8) is 0 Å². The summed E-state index contributed by atoms with van der Waals surface area (Å²) in [6.07, 6.45) is 1.24. The second-order valence-corrected chi connectivity index (χ2v) is 9.74. The first-order chi connectivity index (χ1) is 16.9. The molecule has 0 aliphatic carbocycles. The maximum Gasteiger partial charge on any atom is 0.410 e. The zero-order chi connectivity index (χ0) is 26.2. The molecule has 2 atom stereocenters. The number of nitrogens with two attached hydrogens (primary N) is 1. The normalized spacial score (nSPS) is 18.1. The summed E-state index contributed by atoms with van der Waals surface area (Å²) in [5.41, 5.74) is 6.96. The van der Waals surface area contributed by atoms with E-state index in [1.165, 1.54) is 17.3 Å². The van der Waals surface area contributed by atoms with Gasteiger partial charge in [0.2, 0.25) is 0 Å². The number of alkyl halides is 1. The number of carbonyl (C=O) groups excluding carboxylic acids is 2. The standard InChI is InChI=1S/C24H27FN8O3/c1-24(2,3)36-23(35)33-10-14(25)6-15(11-33)30-22-20-19(28-12-29-22)17(21(27)34)7-18(31-20)13-5-16(8-26)32(4)9-13/h5,7,9,12,14-15H,6,10-11H2,1-4H3,(H2,27,34)(H,28,29,30)/t14-,15-/m0/s1. The fourth-order valence-electron chi connectivity index (χ4n) is 4.11. The van der Waals surface area contributed by atoms with Crippen molar-refractivity contribution < 1.29 is 18.7 Å². The number of aromatic nitrogens is 4. The molecule has 3 aromatic rings. The lowest BCUT2D eigenvalue weighted by Crippen LogP contribution is -2.51. The molecule has 0 spiro atoms. The fraction of sp³-hybridized carbons (Fsp3) is 0.417. The second kappa shape index (κ2) is 9.41. The summed E-state index contributed by atoms with van der Waals surface area (Å²) in [6.45, 7) is 5.36. The number of amides is 2. The lowest BCUT2D eigenvalue weighted by Gasteiger charge is -2.36. The van der Waals surface area contributed by atoms with E-state index in [4.69, 9.17) is 10.5 Å². The molecule has 1 fully saturated rings. The Hall–Kier alpha value is -4.27. The third-order valence-electron chi connectivity index (χ3n) is 5.66. The highest BCUT2D eigenvalue weighted by molar-refractivity contribution is 6.06. The topological polar surface area (TPSA) is 152 Å². The SMILES string of the molecule is Cn1cc(-c2cc(C(N)=O)c3ncnc(N[C@H]4C[C@H](F)CN(C(=O)OC(C)(C)C)C4)c3n2)cc1C#N. The average Bonchev–Trinajstić information content (AvgIpc) is 3.17. The molecule has 188 valence electrons. The average molecular weight is 495 g/mol. The monoisotopic (exact) mass is 494 g/mol. The zero-order valence-corrected chi connectivity index (χ0v) is 20.4. The number of halogens is 1. The molecular weight excluding hydrogens is 467 g/mol. The van der Waals surface area contributed by atoms with Crippen molar-refractivity contribution in [3.8, 4) is 17.3 Å². The minimum Gasteiger partial charge on any atom is -0.444 e. The lowest BCUT2D eigenvalue weighted by atomic mass is 10.0. The number of fused-ring (bicyclic) bond motifs is 1. The van der Waals surface area contributed by atoms with Crippen LogP contribution in [0.1, 0.15) is 43.2 Å². The molecule has 12 heteroatoms. The molecule has 2 amide bonds. The van der Waals surface area contributed by atoms with Crippen LogP contribution in [0.25, 0.3) is 22.3 Å². The molecular formula is C24H27FN8O3. The first-order valence-corrected chi connectivity index (χ1v) is 11.4. The largest absolute Gasteiger partial charge is 0.444 e. The van der Waals surface area contributed by atoms with Crippen LogP contribution in [-0.2, 0) is 11.8 Å². The van der Waals surface area contributed by atoms with Crippen LogP contribution in [0.4, 0.5) is 15.0 Å². The number of piperidine rings is 1. The molecule has 1 saturated heterocycles. The molecule has 36 heavy (non-hydrogen) atoms. The Morgan fingerprint density at radius 2 is 2.00 bits per heavy atom. The number of anilines is 1. The van der Waals surface area contributed by atoms with Gasteiger partial charge in [0, 0.05) is 37.8 Å². The molecule has 11 nitrogen and oxygen atoms in total. The number of nitrogens with zero attached hydrogens (tertiary/aromatic N) is 6. The fourth-order valence-corrected chi connectivity index (χ4v) is 4.11. The van der Waals surface area contributed by atoms with Gasteiger partial charge in [-0.05, 0) is 32.9 Å². The number of rotatable bonds is 4. The molecule has 4 heterocycles. The summed E-state index contributed by atoms with van der Waals surface area (Å²) in [6, 6.07) is 4.75. The van der Waals surface area contributed by atoms with Crippen LogP contribution in [0.15, 0.2) is 24.7 Å². The molecule has 0 unspecified atom stereocenters. The maximum atomic E-state index is 14.6. The minimum atomic E-state index is -1.27. The van der Waals surface area contributed by atoms with E-state index in [0.717, 1.165) is 0 Å². The van der Waals surface area contributed by atoms with E-state index in [2.05, 4.69) is 26.3 Å².